The van der Waals surface area contributed by atoms with Crippen LogP contribution in [-0.2, 0) is 19.0 Å². The minimum Gasteiger partial charge on any atom is -0.294 e. The monoisotopic (exact) mass is 290 g/mol. The van der Waals surface area contributed by atoms with Gasteiger partial charge in [-0.15, -0.1) is 0 Å². The van der Waals surface area contributed by atoms with E-state index in [0.29, 0.717) is 12.8 Å². The van der Waals surface area contributed by atoms with Crippen LogP contribution in [0.5, 0.6) is 0 Å². The molecular weight excluding hydrogens is 277 g/mol. The van der Waals surface area contributed by atoms with E-state index in [9.17, 15) is 18.0 Å². The van der Waals surface area contributed by atoms with E-state index in [1.54, 1.807) is 0 Å². The molecule has 0 heterocycles. The molecule has 0 fully saturated rings. The molecule has 1 aliphatic rings. The molecule has 21 heavy (non-hydrogen) atoms. The molecule has 108 valence electrons. The number of carbonyl (C=O) groups is 1. The topological polar surface area (TPSA) is 17.1 Å². The Labute approximate surface area is 120 Å². The summed E-state index contributed by atoms with van der Waals surface area (Å²) < 4.78 is 37.5. The molecule has 0 aromatic heterocycles. The van der Waals surface area contributed by atoms with Crippen LogP contribution in [0.15, 0.2) is 48.5 Å². The van der Waals surface area contributed by atoms with E-state index in [-0.39, 0.29) is 11.7 Å². The molecule has 0 N–H and O–H groups in total. The summed E-state index contributed by atoms with van der Waals surface area (Å²) in [5, 5.41) is 0. The zero-order valence-electron chi connectivity index (χ0n) is 11.2. The second-order valence-corrected chi connectivity index (χ2v) is 5.32. The van der Waals surface area contributed by atoms with E-state index in [1.165, 1.54) is 12.1 Å². The summed E-state index contributed by atoms with van der Waals surface area (Å²) >= 11 is 0. The Morgan fingerprint density at radius 1 is 1.00 bits per heavy atom. The molecule has 0 spiro atoms. The number of carbonyl (C=O) groups excluding carboxylic acids is 1. The summed E-state index contributed by atoms with van der Waals surface area (Å²) in [6.45, 7) is 0. The fourth-order valence-corrected chi connectivity index (χ4v) is 2.80. The van der Waals surface area contributed by atoms with E-state index in [2.05, 4.69) is 0 Å². The lowest BCUT2D eigenvalue weighted by Gasteiger charge is -2.10. The van der Waals surface area contributed by atoms with Crippen LogP contribution < -0.4 is 0 Å². The first kappa shape index (κ1) is 13.9. The van der Waals surface area contributed by atoms with Crippen molar-refractivity contribution in [1.82, 2.24) is 0 Å². The second-order valence-electron chi connectivity index (χ2n) is 5.32. The first-order valence-corrected chi connectivity index (χ1v) is 6.73. The molecule has 4 heteroatoms. The lowest BCUT2D eigenvalue weighted by molar-refractivity contribution is -0.137. The van der Waals surface area contributed by atoms with Gasteiger partial charge in [0.2, 0.25) is 0 Å². The molecule has 0 saturated heterocycles. The standard InChI is InChI=1S/C17H13F3O/c18-17(19,20)14-7-5-11(6-8-14)9-13-10-12-3-1-2-4-15(12)16(13)21/h1-8,13H,9-10H2/t13-/m1/s1. The molecular formula is C17H13F3O. The summed E-state index contributed by atoms with van der Waals surface area (Å²) in [5.74, 6) is -0.0790. The first-order valence-electron chi connectivity index (χ1n) is 6.73. The zero-order valence-corrected chi connectivity index (χ0v) is 11.2. The molecule has 0 amide bonds. The Morgan fingerprint density at radius 2 is 1.67 bits per heavy atom. The Bertz CT molecular complexity index is 671. The highest BCUT2D eigenvalue weighted by Gasteiger charge is 2.32. The van der Waals surface area contributed by atoms with Crippen molar-refractivity contribution in [3.8, 4) is 0 Å². The van der Waals surface area contributed by atoms with E-state index in [1.807, 2.05) is 24.3 Å². The molecule has 1 aliphatic carbocycles. The summed E-state index contributed by atoms with van der Waals surface area (Å²) in [4.78, 5) is 12.2. The molecule has 0 aliphatic heterocycles. The summed E-state index contributed by atoms with van der Waals surface area (Å²) in [5.41, 5.74) is 1.87. The van der Waals surface area contributed by atoms with Crippen LogP contribution in [-0.4, -0.2) is 5.78 Å². The third-order valence-electron chi connectivity index (χ3n) is 3.88. The lowest BCUT2D eigenvalue weighted by Crippen LogP contribution is -2.12. The van der Waals surface area contributed by atoms with Crippen molar-refractivity contribution >= 4 is 5.78 Å². The number of hydrogen-bond acceptors (Lipinski definition) is 1. The zero-order chi connectivity index (χ0) is 15.0. The van der Waals surface area contributed by atoms with Crippen molar-refractivity contribution in [2.75, 3.05) is 0 Å². The van der Waals surface area contributed by atoms with Gasteiger partial charge in [0, 0.05) is 11.5 Å². The number of alkyl halides is 3. The van der Waals surface area contributed by atoms with Crippen molar-refractivity contribution < 1.29 is 18.0 Å². The summed E-state index contributed by atoms with van der Waals surface area (Å²) in [6.07, 6.45) is -3.18. The lowest BCUT2D eigenvalue weighted by atomic mass is 9.95. The smallest absolute Gasteiger partial charge is 0.294 e. The van der Waals surface area contributed by atoms with Gasteiger partial charge >= 0.3 is 6.18 Å². The quantitative estimate of drug-likeness (QED) is 0.805. The molecule has 2 aromatic carbocycles. The minimum atomic E-state index is -4.32. The number of fused-ring (bicyclic) bond motifs is 1. The second kappa shape index (κ2) is 5.02. The number of benzene rings is 2. The fourth-order valence-electron chi connectivity index (χ4n) is 2.80. The van der Waals surface area contributed by atoms with Crippen LogP contribution in [0.25, 0.3) is 0 Å². The summed E-state index contributed by atoms with van der Waals surface area (Å²) in [6, 6.07) is 12.5. The van der Waals surface area contributed by atoms with Gasteiger partial charge < -0.3 is 0 Å². The molecule has 0 bridgehead atoms. The number of rotatable bonds is 2. The Balaban J connectivity index is 1.76. The van der Waals surface area contributed by atoms with Gasteiger partial charge in [-0.25, -0.2) is 0 Å². The number of hydrogen-bond donors (Lipinski definition) is 0. The average molecular weight is 290 g/mol. The maximum atomic E-state index is 12.5. The third-order valence-corrected chi connectivity index (χ3v) is 3.88. The SMILES string of the molecule is O=C1c2ccccc2C[C@H]1Cc1ccc(C(F)(F)F)cc1. The fraction of sp³-hybridized carbons (Fsp3) is 0.235. The van der Waals surface area contributed by atoms with Gasteiger partial charge in [0.15, 0.2) is 5.78 Å². The van der Waals surface area contributed by atoms with Crippen LogP contribution in [0, 0.1) is 5.92 Å². The van der Waals surface area contributed by atoms with Crippen molar-refractivity contribution in [2.24, 2.45) is 5.92 Å². The van der Waals surface area contributed by atoms with Gasteiger partial charge in [-0.1, -0.05) is 36.4 Å². The minimum absolute atomic E-state index is 0.0884. The normalized spacial score (nSPS) is 17.9. The number of Topliss-reactive ketones (excluding diaryl/α,β-unsaturated/α-hetero) is 1. The van der Waals surface area contributed by atoms with Gasteiger partial charge in [0.1, 0.15) is 0 Å². The number of halogens is 3. The van der Waals surface area contributed by atoms with E-state index < -0.39 is 11.7 Å². The molecule has 3 rings (SSSR count). The highest BCUT2D eigenvalue weighted by atomic mass is 19.4. The van der Waals surface area contributed by atoms with Crippen molar-refractivity contribution in [3.63, 3.8) is 0 Å². The molecule has 1 atom stereocenters. The van der Waals surface area contributed by atoms with E-state index >= 15 is 0 Å². The Hall–Kier alpha value is -2.10. The van der Waals surface area contributed by atoms with Crippen LogP contribution in [0.3, 0.4) is 0 Å². The van der Waals surface area contributed by atoms with Crippen LogP contribution in [0.4, 0.5) is 13.2 Å². The Kier molecular flexibility index (Phi) is 3.32. The van der Waals surface area contributed by atoms with Crippen LogP contribution >= 0.6 is 0 Å². The van der Waals surface area contributed by atoms with E-state index in [4.69, 9.17) is 0 Å². The van der Waals surface area contributed by atoms with Crippen LogP contribution in [0.1, 0.15) is 27.0 Å². The molecule has 0 saturated carbocycles. The number of ketones is 1. The van der Waals surface area contributed by atoms with Crippen molar-refractivity contribution in [3.05, 3.63) is 70.8 Å². The van der Waals surface area contributed by atoms with Crippen molar-refractivity contribution in [1.29, 1.82) is 0 Å². The predicted molar refractivity (Wildman–Crippen MR) is 73.1 cm³/mol. The molecule has 0 radical (unpaired) electrons. The molecule has 2 aromatic rings. The molecule has 0 unspecified atom stereocenters. The first-order chi connectivity index (χ1) is 9.95. The highest BCUT2D eigenvalue weighted by molar-refractivity contribution is 6.02. The van der Waals surface area contributed by atoms with Gasteiger partial charge in [0.25, 0.3) is 0 Å². The largest absolute Gasteiger partial charge is 0.416 e. The van der Waals surface area contributed by atoms with Gasteiger partial charge in [-0.2, -0.15) is 13.2 Å². The maximum absolute atomic E-state index is 12.5. The average Bonchev–Trinajstić information content (AvgIpc) is 2.76. The molecule has 1 nitrogen and oxygen atoms in total. The van der Waals surface area contributed by atoms with Crippen molar-refractivity contribution in [2.45, 2.75) is 19.0 Å². The van der Waals surface area contributed by atoms with Gasteiger partial charge in [-0.05, 0) is 36.1 Å². The van der Waals surface area contributed by atoms with Gasteiger partial charge in [0.05, 0.1) is 5.56 Å². The van der Waals surface area contributed by atoms with Crippen LogP contribution in [0.2, 0.25) is 0 Å². The summed E-state index contributed by atoms with van der Waals surface area (Å²) in [7, 11) is 0. The third kappa shape index (κ3) is 2.71. The predicted octanol–water partition coefficient (Wildman–Crippen LogP) is 4.30. The van der Waals surface area contributed by atoms with E-state index in [0.717, 1.165) is 28.8 Å². The highest BCUT2D eigenvalue weighted by Crippen LogP contribution is 2.31. The van der Waals surface area contributed by atoms with Gasteiger partial charge in [-0.3, -0.25) is 4.79 Å². The Morgan fingerprint density at radius 3 is 2.29 bits per heavy atom. The maximum Gasteiger partial charge on any atom is 0.416 e.